The number of benzene rings is 1. The monoisotopic (exact) mass is 315 g/mol. The van der Waals surface area contributed by atoms with Crippen molar-refractivity contribution in [2.45, 2.75) is 0 Å². The van der Waals surface area contributed by atoms with Gasteiger partial charge in [0.15, 0.2) is 0 Å². The van der Waals surface area contributed by atoms with Crippen LogP contribution in [-0.2, 0) is 4.79 Å². The maximum atomic E-state index is 11.1. The average molecular weight is 315 g/mol. The molecule has 0 unspecified atom stereocenters. The summed E-state index contributed by atoms with van der Waals surface area (Å²) < 4.78 is 1.15. The largest absolute Gasteiger partial charge is 0.376 e. The van der Waals surface area contributed by atoms with Gasteiger partial charge in [-0.05, 0) is 46.9 Å². The van der Waals surface area contributed by atoms with Crippen LogP contribution in [0, 0.1) is 14.9 Å². The van der Waals surface area contributed by atoms with Crippen LogP contribution in [0.15, 0.2) is 24.3 Å². The van der Waals surface area contributed by atoms with Crippen LogP contribution in [0.4, 0.5) is 5.69 Å². The molecule has 0 fully saturated rings. The summed E-state index contributed by atoms with van der Waals surface area (Å²) in [5.74, 6) is -0.185. The van der Waals surface area contributed by atoms with Crippen LogP contribution in [0.3, 0.4) is 0 Å². The minimum atomic E-state index is -0.185. The van der Waals surface area contributed by atoms with Crippen molar-refractivity contribution in [1.82, 2.24) is 5.32 Å². The lowest BCUT2D eigenvalue weighted by Gasteiger charge is -2.05. The standard InChI is InChI=1S/C10H10IN3O/c11-8-1-3-9(4-2-8)14-7-10(15)13-6-5-12/h1-4,14H,6-7H2,(H,13,15). The molecular formula is C10H10IN3O. The number of carbonyl (C=O) groups excluding carboxylic acids is 1. The van der Waals surface area contributed by atoms with Gasteiger partial charge in [0, 0.05) is 9.26 Å². The summed E-state index contributed by atoms with van der Waals surface area (Å²) in [6, 6.07) is 9.56. The summed E-state index contributed by atoms with van der Waals surface area (Å²) in [5, 5.41) is 13.7. The SMILES string of the molecule is N#CCNC(=O)CNc1ccc(I)cc1. The lowest BCUT2D eigenvalue weighted by Crippen LogP contribution is -2.29. The number of amides is 1. The first-order valence-electron chi connectivity index (χ1n) is 4.35. The first-order valence-corrected chi connectivity index (χ1v) is 5.43. The van der Waals surface area contributed by atoms with Crippen LogP contribution in [0.1, 0.15) is 0 Å². The van der Waals surface area contributed by atoms with Crippen LogP contribution in [0.5, 0.6) is 0 Å². The molecule has 2 N–H and O–H groups in total. The van der Waals surface area contributed by atoms with E-state index in [1.54, 1.807) is 0 Å². The fourth-order valence-electron chi connectivity index (χ4n) is 0.951. The summed E-state index contributed by atoms with van der Waals surface area (Å²) in [6.45, 7) is 0.232. The number of nitrogens with one attached hydrogen (secondary N) is 2. The quantitative estimate of drug-likeness (QED) is 0.651. The molecule has 1 rings (SSSR count). The van der Waals surface area contributed by atoms with Gasteiger partial charge >= 0.3 is 0 Å². The van der Waals surface area contributed by atoms with Gasteiger partial charge in [-0.1, -0.05) is 0 Å². The molecule has 0 aliphatic carbocycles. The Morgan fingerprint density at radius 2 is 2.07 bits per heavy atom. The zero-order valence-electron chi connectivity index (χ0n) is 7.96. The maximum Gasteiger partial charge on any atom is 0.240 e. The topological polar surface area (TPSA) is 64.9 Å². The summed E-state index contributed by atoms with van der Waals surface area (Å²) in [6.07, 6.45) is 0. The molecule has 15 heavy (non-hydrogen) atoms. The molecule has 78 valence electrons. The van der Waals surface area contributed by atoms with Crippen LogP contribution >= 0.6 is 22.6 Å². The van der Waals surface area contributed by atoms with E-state index in [0.717, 1.165) is 9.26 Å². The van der Waals surface area contributed by atoms with E-state index < -0.39 is 0 Å². The Labute approximate surface area is 102 Å². The third kappa shape index (κ3) is 4.65. The third-order valence-electron chi connectivity index (χ3n) is 1.66. The lowest BCUT2D eigenvalue weighted by molar-refractivity contribution is -0.119. The number of nitrogens with zero attached hydrogens (tertiary/aromatic N) is 1. The highest BCUT2D eigenvalue weighted by atomic mass is 127. The molecular weight excluding hydrogens is 305 g/mol. The Hall–Kier alpha value is -1.29. The van der Waals surface area contributed by atoms with E-state index in [9.17, 15) is 4.79 Å². The number of hydrogen-bond acceptors (Lipinski definition) is 3. The Morgan fingerprint density at radius 1 is 1.40 bits per heavy atom. The van der Waals surface area contributed by atoms with Crippen molar-refractivity contribution < 1.29 is 4.79 Å². The second kappa shape index (κ2) is 6.24. The smallest absolute Gasteiger partial charge is 0.240 e. The van der Waals surface area contributed by atoms with Crippen LogP contribution in [0.25, 0.3) is 0 Å². The maximum absolute atomic E-state index is 11.1. The van der Waals surface area contributed by atoms with Gasteiger partial charge in [-0.3, -0.25) is 4.79 Å². The highest BCUT2D eigenvalue weighted by Crippen LogP contribution is 2.10. The molecule has 1 amide bonds. The normalized spacial score (nSPS) is 9.07. The van der Waals surface area contributed by atoms with E-state index >= 15 is 0 Å². The zero-order chi connectivity index (χ0) is 11.1. The average Bonchev–Trinajstić information content (AvgIpc) is 2.25. The summed E-state index contributed by atoms with van der Waals surface area (Å²) in [7, 11) is 0. The molecule has 0 aliphatic rings. The van der Waals surface area contributed by atoms with E-state index in [1.165, 1.54) is 0 Å². The van der Waals surface area contributed by atoms with Gasteiger partial charge in [-0.25, -0.2) is 0 Å². The number of carbonyl (C=O) groups is 1. The van der Waals surface area contributed by atoms with Crippen LogP contribution in [-0.4, -0.2) is 19.0 Å². The summed E-state index contributed by atoms with van der Waals surface area (Å²) in [5.41, 5.74) is 0.891. The van der Waals surface area contributed by atoms with E-state index in [0.29, 0.717) is 0 Å². The number of anilines is 1. The molecule has 0 spiro atoms. The molecule has 0 bridgehead atoms. The fourth-order valence-corrected chi connectivity index (χ4v) is 1.31. The van der Waals surface area contributed by atoms with Crippen LogP contribution in [0.2, 0.25) is 0 Å². The fraction of sp³-hybridized carbons (Fsp3) is 0.200. The van der Waals surface area contributed by atoms with Crippen molar-refractivity contribution in [2.24, 2.45) is 0 Å². The van der Waals surface area contributed by atoms with Gasteiger partial charge in [0.05, 0.1) is 12.6 Å². The minimum absolute atomic E-state index is 0.0488. The van der Waals surface area contributed by atoms with E-state index in [4.69, 9.17) is 5.26 Å². The number of hydrogen-bond donors (Lipinski definition) is 2. The van der Waals surface area contributed by atoms with Crippen molar-refractivity contribution in [1.29, 1.82) is 5.26 Å². The molecule has 0 heterocycles. The third-order valence-corrected chi connectivity index (χ3v) is 2.38. The molecule has 1 aromatic carbocycles. The minimum Gasteiger partial charge on any atom is -0.376 e. The molecule has 0 aromatic heterocycles. The van der Waals surface area contributed by atoms with E-state index in [-0.39, 0.29) is 19.0 Å². The van der Waals surface area contributed by atoms with Gasteiger partial charge in [-0.15, -0.1) is 0 Å². The number of rotatable bonds is 4. The number of nitriles is 1. The molecule has 1 aromatic rings. The highest BCUT2D eigenvalue weighted by Gasteiger charge is 1.99. The van der Waals surface area contributed by atoms with Gasteiger partial charge in [-0.2, -0.15) is 5.26 Å². The van der Waals surface area contributed by atoms with Crippen molar-refractivity contribution in [3.05, 3.63) is 27.8 Å². The molecule has 0 aliphatic heterocycles. The summed E-state index contributed by atoms with van der Waals surface area (Å²) in [4.78, 5) is 11.1. The Morgan fingerprint density at radius 3 is 2.67 bits per heavy atom. The summed E-state index contributed by atoms with van der Waals surface area (Å²) >= 11 is 2.21. The predicted octanol–water partition coefficient (Wildman–Crippen LogP) is 1.34. The first kappa shape index (κ1) is 11.8. The Kier molecular flexibility index (Phi) is 4.90. The molecule has 5 heteroatoms. The van der Waals surface area contributed by atoms with Crippen molar-refractivity contribution in [2.75, 3.05) is 18.4 Å². The Bertz CT molecular complexity index is 369. The van der Waals surface area contributed by atoms with Crippen molar-refractivity contribution in [3.8, 4) is 6.07 Å². The lowest BCUT2D eigenvalue weighted by atomic mass is 10.3. The van der Waals surface area contributed by atoms with Crippen LogP contribution < -0.4 is 10.6 Å². The van der Waals surface area contributed by atoms with E-state index in [2.05, 4.69) is 33.2 Å². The highest BCUT2D eigenvalue weighted by molar-refractivity contribution is 14.1. The molecule has 0 atom stereocenters. The number of halogens is 1. The first-order chi connectivity index (χ1) is 7.22. The molecule has 4 nitrogen and oxygen atoms in total. The molecule has 0 saturated carbocycles. The van der Waals surface area contributed by atoms with Gasteiger partial charge in [0.1, 0.15) is 6.54 Å². The second-order valence-corrected chi connectivity index (χ2v) is 4.04. The zero-order valence-corrected chi connectivity index (χ0v) is 10.1. The van der Waals surface area contributed by atoms with Gasteiger partial charge in [0.25, 0.3) is 0 Å². The van der Waals surface area contributed by atoms with Gasteiger partial charge < -0.3 is 10.6 Å². The second-order valence-electron chi connectivity index (χ2n) is 2.80. The molecule has 0 radical (unpaired) electrons. The van der Waals surface area contributed by atoms with E-state index in [1.807, 2.05) is 30.3 Å². The predicted molar refractivity (Wildman–Crippen MR) is 66.3 cm³/mol. The molecule has 0 saturated heterocycles. The van der Waals surface area contributed by atoms with Gasteiger partial charge in [0.2, 0.25) is 5.91 Å². The van der Waals surface area contributed by atoms with Crippen molar-refractivity contribution >= 4 is 34.2 Å². The Balaban J connectivity index is 2.34. The van der Waals surface area contributed by atoms with Crippen molar-refractivity contribution in [3.63, 3.8) is 0 Å².